The minimum atomic E-state index is -0.312. The van der Waals surface area contributed by atoms with Gasteiger partial charge in [0.2, 0.25) is 0 Å². The Kier molecular flexibility index (Phi) is 9.34. The standard InChI is InChI=1S/C5H6N2O2.W.Y/c1-6-5(8)4-2-3-9-7-4;;/h2H,1,3H2,(H,6,8);;/q-2;;. The van der Waals surface area contributed by atoms with Gasteiger partial charge in [-0.15, -0.1) is 5.16 Å². The van der Waals surface area contributed by atoms with E-state index < -0.39 is 0 Å². The van der Waals surface area contributed by atoms with Crippen LogP contribution in [0.3, 0.4) is 0 Å². The molecule has 4 nitrogen and oxygen atoms in total. The summed E-state index contributed by atoms with van der Waals surface area (Å²) in [5, 5.41) is 5.59. The molecule has 6 heteroatoms. The van der Waals surface area contributed by atoms with Gasteiger partial charge in [0, 0.05) is 59.5 Å². The van der Waals surface area contributed by atoms with Crippen LogP contribution in [0, 0.1) is 13.5 Å². The smallest absolute Gasteiger partial charge is 0.0846 e. The molecule has 1 radical (unpaired) electrons. The average Bonchev–Trinajstić information content (AvgIpc) is 2.37. The van der Waals surface area contributed by atoms with Gasteiger partial charge < -0.3 is 14.9 Å². The monoisotopic (exact) mass is 399 g/mol. The predicted molar refractivity (Wildman–Crippen MR) is 31.2 cm³/mol. The summed E-state index contributed by atoms with van der Waals surface area (Å²) in [7, 11) is 3.17. The quantitative estimate of drug-likeness (QED) is 0.604. The molecule has 0 atom stereocenters. The van der Waals surface area contributed by atoms with Gasteiger partial charge in [0.05, 0.1) is 12.5 Å². The fraction of sp³-hybridized carbons (Fsp3) is 0.200. The van der Waals surface area contributed by atoms with Gasteiger partial charge in [0.15, 0.2) is 0 Å². The second kappa shape index (κ2) is 7.26. The van der Waals surface area contributed by atoms with Crippen molar-refractivity contribution in [2.24, 2.45) is 5.16 Å². The van der Waals surface area contributed by atoms with E-state index in [0.29, 0.717) is 12.3 Å². The van der Waals surface area contributed by atoms with Crippen LogP contribution in [0.5, 0.6) is 0 Å². The summed E-state index contributed by atoms with van der Waals surface area (Å²) < 4.78 is 0. The number of hydrogen-bond donors (Lipinski definition) is 1. The van der Waals surface area contributed by atoms with Gasteiger partial charge in [-0.3, -0.25) is 7.05 Å². The van der Waals surface area contributed by atoms with Crippen LogP contribution >= 0.6 is 0 Å². The Hall–Kier alpha value is 0.602. The first-order valence-electron chi connectivity index (χ1n) is 2.45. The first-order valence-corrected chi connectivity index (χ1v) is 2.45. The summed E-state index contributed by atoms with van der Waals surface area (Å²) in [5.74, 6) is -0.312. The van der Waals surface area contributed by atoms with E-state index in [9.17, 15) is 4.79 Å². The van der Waals surface area contributed by atoms with Gasteiger partial charge in [-0.1, -0.05) is 0 Å². The van der Waals surface area contributed by atoms with E-state index in [1.165, 1.54) is 0 Å². The van der Waals surface area contributed by atoms with Crippen molar-refractivity contribution in [3.05, 3.63) is 13.5 Å². The van der Waals surface area contributed by atoms with E-state index in [2.05, 4.69) is 22.4 Å². The molecular formula is C5H6N2O2WY-2. The topological polar surface area (TPSA) is 50.7 Å². The van der Waals surface area contributed by atoms with Gasteiger partial charge in [0.25, 0.3) is 0 Å². The fourth-order valence-electron chi connectivity index (χ4n) is 0.485. The van der Waals surface area contributed by atoms with Gasteiger partial charge in [-0.25, -0.2) is 0 Å². The van der Waals surface area contributed by atoms with Gasteiger partial charge in [-0.2, -0.15) is 6.42 Å². The molecule has 0 bridgehead atoms. The van der Waals surface area contributed by atoms with Crippen molar-refractivity contribution in [3.63, 3.8) is 0 Å². The molecule has 1 amide bonds. The van der Waals surface area contributed by atoms with Crippen LogP contribution in [-0.2, 0) is 63.4 Å². The van der Waals surface area contributed by atoms with Gasteiger partial charge in [-0.05, 0) is 0 Å². The minimum absolute atomic E-state index is 0. The zero-order valence-corrected chi connectivity index (χ0v) is 11.5. The normalized spacial score (nSPS) is 12.6. The molecule has 0 saturated heterocycles. The first kappa shape index (κ1) is 14.1. The van der Waals surface area contributed by atoms with E-state index in [1.807, 2.05) is 0 Å². The summed E-state index contributed by atoms with van der Waals surface area (Å²) in [6.45, 7) is 0.378. The third kappa shape index (κ3) is 4.24. The molecule has 1 aliphatic heterocycles. The number of hydrogen-bond acceptors (Lipinski definition) is 3. The molecule has 0 aromatic carbocycles. The van der Waals surface area contributed by atoms with Crippen molar-refractivity contribution in [2.45, 2.75) is 0 Å². The Morgan fingerprint density at radius 1 is 1.82 bits per heavy atom. The Morgan fingerprint density at radius 3 is 2.82 bits per heavy atom. The van der Waals surface area contributed by atoms with Crippen molar-refractivity contribution in [1.29, 1.82) is 0 Å². The van der Waals surface area contributed by atoms with Crippen molar-refractivity contribution >= 4 is 11.6 Å². The summed E-state index contributed by atoms with van der Waals surface area (Å²) in [4.78, 5) is 15.1. The molecule has 0 aromatic rings. The Bertz CT molecular complexity index is 163. The number of amides is 1. The van der Waals surface area contributed by atoms with Crippen molar-refractivity contribution in [1.82, 2.24) is 5.32 Å². The molecule has 1 N–H and O–H groups in total. The van der Waals surface area contributed by atoms with E-state index in [4.69, 9.17) is 0 Å². The molecular weight excluding hydrogens is 393 g/mol. The molecule has 0 aliphatic carbocycles. The second-order valence-corrected chi connectivity index (χ2v) is 1.48. The summed E-state index contributed by atoms with van der Waals surface area (Å²) in [6, 6.07) is 0. The largest absolute Gasteiger partial charge is 0.582 e. The maximum absolute atomic E-state index is 10.6. The molecule has 0 saturated carbocycles. The molecule has 0 fully saturated rings. The third-order valence-corrected chi connectivity index (χ3v) is 0.907. The van der Waals surface area contributed by atoms with Crippen LogP contribution in [-0.4, -0.2) is 18.2 Å². The van der Waals surface area contributed by atoms with Crippen molar-refractivity contribution in [3.8, 4) is 0 Å². The van der Waals surface area contributed by atoms with E-state index >= 15 is 0 Å². The van der Waals surface area contributed by atoms with Crippen LogP contribution < -0.4 is 5.32 Å². The first-order chi connectivity index (χ1) is 4.34. The zero-order chi connectivity index (χ0) is 6.69. The van der Waals surface area contributed by atoms with Crippen molar-refractivity contribution in [2.75, 3.05) is 6.61 Å². The number of rotatable bonds is 1. The van der Waals surface area contributed by atoms with Crippen LogP contribution in [0.2, 0.25) is 0 Å². The fourth-order valence-corrected chi connectivity index (χ4v) is 0.485. The minimum Gasteiger partial charge on any atom is -0.582 e. The Labute approximate surface area is 105 Å². The molecule has 59 valence electrons. The maximum Gasteiger partial charge on any atom is 0.0846 e. The Morgan fingerprint density at radius 2 is 2.45 bits per heavy atom. The summed E-state index contributed by atoms with van der Waals surface area (Å²) in [6.07, 6.45) is 1.58. The number of nitrogens with zero attached hydrogens (tertiary/aromatic N) is 1. The van der Waals surface area contributed by atoms with Crippen LogP contribution in [0.1, 0.15) is 0 Å². The molecule has 1 heterocycles. The molecule has 1 aliphatic rings. The Balaban J connectivity index is 0. The van der Waals surface area contributed by atoms with Crippen molar-refractivity contribution < 1.29 is 63.4 Å². The number of carbonyl (C=O) groups excluding carboxylic acids is 1. The summed E-state index contributed by atoms with van der Waals surface area (Å²) >= 11 is 0. The number of oxime groups is 1. The zero-order valence-electron chi connectivity index (χ0n) is 5.74. The second-order valence-electron chi connectivity index (χ2n) is 1.48. The molecule has 0 spiro atoms. The third-order valence-electron chi connectivity index (χ3n) is 0.907. The van der Waals surface area contributed by atoms with E-state index in [0.717, 1.165) is 0 Å². The average molecular weight is 399 g/mol. The molecule has 0 unspecified atom stereocenters. The number of nitrogens with one attached hydrogen (secondary N) is 1. The van der Waals surface area contributed by atoms with Crippen LogP contribution in [0.25, 0.3) is 0 Å². The number of carbonyl (C=O) groups is 1. The SMILES string of the molecule is [CH2-]NC(=O)C1=NOC[CH-]1.[W].[Y]. The summed E-state index contributed by atoms with van der Waals surface area (Å²) in [5.41, 5.74) is 0.296. The van der Waals surface area contributed by atoms with Gasteiger partial charge >= 0.3 is 0 Å². The molecule has 1 rings (SSSR count). The maximum atomic E-state index is 10.6. The van der Waals surface area contributed by atoms with E-state index in [-0.39, 0.29) is 59.7 Å². The predicted octanol–water partition coefficient (Wildman–Crippen LogP) is -0.520. The van der Waals surface area contributed by atoms with E-state index in [1.54, 1.807) is 6.42 Å². The van der Waals surface area contributed by atoms with Crippen LogP contribution in [0.4, 0.5) is 0 Å². The molecule has 11 heavy (non-hydrogen) atoms. The van der Waals surface area contributed by atoms with Crippen LogP contribution in [0.15, 0.2) is 5.16 Å². The molecule has 0 aromatic heterocycles. The van der Waals surface area contributed by atoms with Gasteiger partial charge in [0.1, 0.15) is 0 Å².